The maximum Gasteiger partial charge on any atom is 0.407 e. The minimum atomic E-state index is -3.92. The predicted molar refractivity (Wildman–Crippen MR) is 120 cm³/mol. The fourth-order valence-corrected chi connectivity index (χ4v) is 4.03. The van der Waals surface area contributed by atoms with Gasteiger partial charge in [0.05, 0.1) is 18.8 Å². The highest BCUT2D eigenvalue weighted by Crippen LogP contribution is 2.44. The number of carbonyl (C=O) groups excluding carboxylic acids is 2. The van der Waals surface area contributed by atoms with Crippen molar-refractivity contribution in [3.8, 4) is 11.1 Å². The number of rotatable bonds is 8. The van der Waals surface area contributed by atoms with Gasteiger partial charge >= 0.3 is 18.0 Å². The first-order valence-electron chi connectivity index (χ1n) is 10.7. The van der Waals surface area contributed by atoms with Crippen LogP contribution in [0.25, 0.3) is 11.1 Å². The van der Waals surface area contributed by atoms with Crippen molar-refractivity contribution in [3.05, 3.63) is 77.1 Å². The third-order valence-corrected chi connectivity index (χ3v) is 5.71. The SMILES string of the molecule is Cn1nc(CNC(=O)C(F)(F)CNC(=O)OCC2c3ccccc3-c3ccccc32)cc1C(=O)O. The molecule has 11 heteroatoms. The molecular formula is C24H22F2N4O5. The quantitative estimate of drug-likeness (QED) is 0.452. The maximum atomic E-state index is 14.2. The summed E-state index contributed by atoms with van der Waals surface area (Å²) in [5.74, 6) is -7.03. The zero-order valence-corrected chi connectivity index (χ0v) is 18.6. The van der Waals surface area contributed by atoms with Crippen molar-refractivity contribution in [2.45, 2.75) is 18.4 Å². The van der Waals surface area contributed by atoms with E-state index in [2.05, 4.69) is 5.10 Å². The molecule has 3 N–H and O–H groups in total. The molecule has 0 bridgehead atoms. The number of nitrogens with one attached hydrogen (secondary N) is 2. The summed E-state index contributed by atoms with van der Waals surface area (Å²) in [6.45, 7) is -1.72. The van der Waals surface area contributed by atoms with Crippen LogP contribution in [0.15, 0.2) is 54.6 Å². The van der Waals surface area contributed by atoms with Crippen molar-refractivity contribution in [1.82, 2.24) is 20.4 Å². The molecule has 0 saturated carbocycles. The van der Waals surface area contributed by atoms with Crippen LogP contribution in [-0.2, 0) is 23.1 Å². The summed E-state index contributed by atoms with van der Waals surface area (Å²) in [6.07, 6.45) is -1.07. The lowest BCUT2D eigenvalue weighted by atomic mass is 9.98. The molecule has 1 aliphatic carbocycles. The number of alkyl halides is 2. The van der Waals surface area contributed by atoms with Crippen LogP contribution in [0, 0.1) is 0 Å². The Morgan fingerprint density at radius 3 is 2.23 bits per heavy atom. The highest BCUT2D eigenvalue weighted by atomic mass is 19.3. The van der Waals surface area contributed by atoms with Gasteiger partial charge in [0.1, 0.15) is 12.3 Å². The van der Waals surface area contributed by atoms with Gasteiger partial charge in [-0.05, 0) is 28.3 Å². The number of alkyl carbamates (subject to hydrolysis) is 1. The number of ether oxygens (including phenoxy) is 1. The van der Waals surface area contributed by atoms with Crippen LogP contribution in [-0.4, -0.2) is 51.9 Å². The first-order chi connectivity index (χ1) is 16.7. The number of carboxylic acid groups (broad SMARTS) is 1. The number of amides is 2. The van der Waals surface area contributed by atoms with E-state index in [0.29, 0.717) is 0 Å². The monoisotopic (exact) mass is 484 g/mol. The smallest absolute Gasteiger partial charge is 0.407 e. The second kappa shape index (κ2) is 9.53. The highest BCUT2D eigenvalue weighted by Gasteiger charge is 2.39. The molecule has 0 fully saturated rings. The van der Waals surface area contributed by atoms with E-state index in [1.54, 1.807) is 0 Å². The Balaban J connectivity index is 1.29. The highest BCUT2D eigenvalue weighted by molar-refractivity contribution is 5.86. The summed E-state index contributed by atoms with van der Waals surface area (Å²) in [6, 6.07) is 16.6. The molecule has 1 aliphatic rings. The van der Waals surface area contributed by atoms with E-state index < -0.39 is 37.0 Å². The topological polar surface area (TPSA) is 123 Å². The van der Waals surface area contributed by atoms with E-state index in [9.17, 15) is 23.2 Å². The van der Waals surface area contributed by atoms with Crippen molar-refractivity contribution < 1.29 is 33.0 Å². The van der Waals surface area contributed by atoms with Crippen LogP contribution < -0.4 is 10.6 Å². The molecule has 0 unspecified atom stereocenters. The molecule has 35 heavy (non-hydrogen) atoms. The van der Waals surface area contributed by atoms with Gasteiger partial charge < -0.3 is 20.5 Å². The molecule has 0 spiro atoms. The number of carbonyl (C=O) groups is 3. The number of benzene rings is 2. The first kappa shape index (κ1) is 23.9. The predicted octanol–water partition coefficient (Wildman–Crippen LogP) is 2.91. The lowest BCUT2D eigenvalue weighted by Gasteiger charge is -2.18. The van der Waals surface area contributed by atoms with E-state index in [1.165, 1.54) is 7.05 Å². The zero-order valence-electron chi connectivity index (χ0n) is 18.6. The van der Waals surface area contributed by atoms with Crippen LogP contribution in [0.2, 0.25) is 0 Å². The molecular weight excluding hydrogens is 462 g/mol. The first-order valence-corrected chi connectivity index (χ1v) is 10.7. The largest absolute Gasteiger partial charge is 0.477 e. The van der Waals surface area contributed by atoms with Crippen LogP contribution in [0.5, 0.6) is 0 Å². The third-order valence-electron chi connectivity index (χ3n) is 5.71. The van der Waals surface area contributed by atoms with Crippen molar-refractivity contribution in [3.63, 3.8) is 0 Å². The van der Waals surface area contributed by atoms with Gasteiger partial charge in [0.25, 0.3) is 5.91 Å². The summed E-state index contributed by atoms with van der Waals surface area (Å²) in [4.78, 5) is 35.0. The average molecular weight is 484 g/mol. The fourth-order valence-electron chi connectivity index (χ4n) is 4.03. The van der Waals surface area contributed by atoms with Gasteiger partial charge in [0, 0.05) is 13.0 Å². The van der Waals surface area contributed by atoms with Crippen molar-refractivity contribution in [2.24, 2.45) is 7.05 Å². The minimum absolute atomic E-state index is 0.0524. The molecule has 9 nitrogen and oxygen atoms in total. The van der Waals surface area contributed by atoms with Gasteiger partial charge in [-0.25, -0.2) is 9.59 Å². The number of hydrogen-bond acceptors (Lipinski definition) is 5. The Hall–Kier alpha value is -4.28. The van der Waals surface area contributed by atoms with E-state index in [-0.39, 0.29) is 23.9 Å². The summed E-state index contributed by atoms with van der Waals surface area (Å²) in [5.41, 5.74) is 3.96. The molecule has 1 aromatic heterocycles. The second-order valence-corrected chi connectivity index (χ2v) is 8.02. The normalized spacial score (nSPS) is 12.5. The summed E-state index contributed by atoms with van der Waals surface area (Å²) < 4.78 is 34.7. The molecule has 2 aromatic carbocycles. The van der Waals surface area contributed by atoms with Crippen LogP contribution in [0.1, 0.15) is 33.2 Å². The van der Waals surface area contributed by atoms with Gasteiger partial charge in [0.15, 0.2) is 0 Å². The van der Waals surface area contributed by atoms with Gasteiger partial charge in [-0.3, -0.25) is 9.48 Å². The lowest BCUT2D eigenvalue weighted by Crippen LogP contribution is -2.48. The van der Waals surface area contributed by atoms with Crippen LogP contribution in [0.3, 0.4) is 0 Å². The van der Waals surface area contributed by atoms with Crippen molar-refractivity contribution in [1.29, 1.82) is 0 Å². The number of carboxylic acids is 1. The molecule has 0 saturated heterocycles. The average Bonchev–Trinajstić information content (AvgIpc) is 3.37. The van der Waals surface area contributed by atoms with Gasteiger partial charge in [0.2, 0.25) is 0 Å². The van der Waals surface area contributed by atoms with Crippen molar-refractivity contribution >= 4 is 18.0 Å². The molecule has 4 rings (SSSR count). The minimum Gasteiger partial charge on any atom is -0.477 e. The molecule has 182 valence electrons. The Morgan fingerprint density at radius 1 is 1.06 bits per heavy atom. The van der Waals surface area contributed by atoms with E-state index in [4.69, 9.17) is 9.84 Å². The number of halogens is 2. The molecule has 1 heterocycles. The lowest BCUT2D eigenvalue weighted by molar-refractivity contribution is -0.144. The van der Waals surface area contributed by atoms with Crippen LogP contribution >= 0.6 is 0 Å². The molecule has 0 aliphatic heterocycles. The van der Waals surface area contributed by atoms with Gasteiger partial charge in [-0.15, -0.1) is 0 Å². The molecule has 0 radical (unpaired) electrons. The van der Waals surface area contributed by atoms with Gasteiger partial charge in [-0.2, -0.15) is 13.9 Å². The Labute approximate surface area is 198 Å². The van der Waals surface area contributed by atoms with E-state index in [1.807, 2.05) is 59.2 Å². The fraction of sp³-hybridized carbons (Fsp3) is 0.250. The zero-order chi connectivity index (χ0) is 25.2. The Bertz CT molecular complexity index is 1240. The Kier molecular flexibility index (Phi) is 6.50. The number of aryl methyl sites for hydroxylation is 1. The number of aromatic nitrogens is 2. The second-order valence-electron chi connectivity index (χ2n) is 8.02. The van der Waals surface area contributed by atoms with E-state index in [0.717, 1.165) is 33.0 Å². The summed E-state index contributed by atoms with van der Waals surface area (Å²) >= 11 is 0. The van der Waals surface area contributed by atoms with E-state index >= 15 is 0 Å². The number of hydrogen-bond donors (Lipinski definition) is 3. The number of aromatic carboxylic acids is 1. The third kappa shape index (κ3) is 4.98. The molecule has 0 atom stereocenters. The summed E-state index contributed by atoms with van der Waals surface area (Å²) in [5, 5.41) is 16.8. The maximum absolute atomic E-state index is 14.2. The standard InChI is InChI=1S/C24H22F2N4O5/c1-30-20(21(31)32)10-14(29-30)11-27-22(33)24(25,26)13-28-23(34)35-12-19-17-8-4-2-6-15(17)16-7-3-5-9-18(16)19/h2-10,19H,11-13H2,1H3,(H,27,33)(H,28,34)(H,31,32). The number of fused-ring (bicyclic) bond motifs is 3. The Morgan fingerprint density at radius 2 is 1.66 bits per heavy atom. The van der Waals surface area contributed by atoms with Crippen LogP contribution in [0.4, 0.5) is 13.6 Å². The molecule has 2 amide bonds. The summed E-state index contributed by atoms with van der Waals surface area (Å²) in [7, 11) is 1.38. The van der Waals surface area contributed by atoms with Crippen molar-refractivity contribution in [2.75, 3.05) is 13.2 Å². The van der Waals surface area contributed by atoms with Gasteiger partial charge in [-0.1, -0.05) is 48.5 Å². The number of nitrogens with zero attached hydrogens (tertiary/aromatic N) is 2. The molecule has 3 aromatic rings.